The van der Waals surface area contributed by atoms with Crippen molar-refractivity contribution in [3.05, 3.63) is 0 Å². The van der Waals surface area contributed by atoms with Gasteiger partial charge in [-0.05, 0) is 39.4 Å². The van der Waals surface area contributed by atoms with Gasteiger partial charge in [0.05, 0.1) is 6.61 Å². The van der Waals surface area contributed by atoms with Crippen LogP contribution in [0.1, 0.15) is 26.7 Å². The predicted octanol–water partition coefficient (Wildman–Crippen LogP) is 1.10. The highest BCUT2D eigenvalue weighted by atomic mass is 16.5. The second-order valence-electron chi connectivity index (χ2n) is 3.81. The monoisotopic (exact) mass is 200 g/mol. The van der Waals surface area contributed by atoms with Gasteiger partial charge >= 0.3 is 0 Å². The van der Waals surface area contributed by atoms with Gasteiger partial charge in [-0.3, -0.25) is 4.90 Å². The van der Waals surface area contributed by atoms with E-state index in [9.17, 15) is 0 Å². The quantitative estimate of drug-likeness (QED) is 0.650. The zero-order chi connectivity index (χ0) is 10.2. The summed E-state index contributed by atoms with van der Waals surface area (Å²) in [7, 11) is 0. The average molecular weight is 200 g/mol. The van der Waals surface area contributed by atoms with Gasteiger partial charge in [0, 0.05) is 19.2 Å². The molecule has 0 aromatic rings. The first-order valence-corrected chi connectivity index (χ1v) is 5.91. The van der Waals surface area contributed by atoms with Crippen LogP contribution in [0.3, 0.4) is 0 Å². The molecule has 0 aliphatic carbocycles. The van der Waals surface area contributed by atoms with Crippen LogP contribution in [0.25, 0.3) is 0 Å². The second-order valence-corrected chi connectivity index (χ2v) is 3.81. The number of piperidine rings is 1. The molecule has 0 amide bonds. The number of hydrogen-bond acceptors (Lipinski definition) is 3. The second kappa shape index (κ2) is 7.21. The van der Waals surface area contributed by atoms with Crippen molar-refractivity contribution in [3.8, 4) is 0 Å². The lowest BCUT2D eigenvalue weighted by Gasteiger charge is -2.33. The van der Waals surface area contributed by atoms with Gasteiger partial charge in [-0.2, -0.15) is 0 Å². The standard InChI is InChI=1S/C11H24N2O/c1-3-13(9-10-14-4-2)11-5-7-12-8-6-11/h11-12H,3-10H2,1-2H3. The van der Waals surface area contributed by atoms with Crippen LogP contribution in [0.5, 0.6) is 0 Å². The molecule has 0 bridgehead atoms. The van der Waals surface area contributed by atoms with E-state index < -0.39 is 0 Å². The molecule has 0 radical (unpaired) electrons. The van der Waals surface area contributed by atoms with Crippen molar-refractivity contribution in [2.75, 3.05) is 39.4 Å². The molecular weight excluding hydrogens is 176 g/mol. The van der Waals surface area contributed by atoms with Crippen LogP contribution in [0, 0.1) is 0 Å². The maximum atomic E-state index is 5.40. The summed E-state index contributed by atoms with van der Waals surface area (Å²) in [6.45, 7) is 10.6. The van der Waals surface area contributed by atoms with E-state index in [4.69, 9.17) is 4.74 Å². The van der Waals surface area contributed by atoms with E-state index in [0.29, 0.717) is 0 Å². The van der Waals surface area contributed by atoms with Crippen molar-refractivity contribution in [1.82, 2.24) is 10.2 Å². The summed E-state index contributed by atoms with van der Waals surface area (Å²) in [4.78, 5) is 2.55. The molecule has 0 aromatic carbocycles. The van der Waals surface area contributed by atoms with Crippen molar-refractivity contribution in [2.24, 2.45) is 0 Å². The molecule has 0 saturated carbocycles. The molecule has 1 N–H and O–H groups in total. The van der Waals surface area contributed by atoms with Gasteiger partial charge in [-0.25, -0.2) is 0 Å². The molecule has 0 spiro atoms. The highest BCUT2D eigenvalue weighted by molar-refractivity contribution is 4.76. The molecule has 0 atom stereocenters. The molecule has 84 valence electrons. The normalized spacial score (nSPS) is 19.1. The fourth-order valence-corrected chi connectivity index (χ4v) is 2.10. The Balaban J connectivity index is 2.21. The van der Waals surface area contributed by atoms with Crippen LogP contribution in [-0.2, 0) is 4.74 Å². The maximum Gasteiger partial charge on any atom is 0.0593 e. The van der Waals surface area contributed by atoms with E-state index in [1.54, 1.807) is 0 Å². The summed E-state index contributed by atoms with van der Waals surface area (Å²) in [5.41, 5.74) is 0. The van der Waals surface area contributed by atoms with Crippen LogP contribution in [0.4, 0.5) is 0 Å². The number of nitrogens with zero attached hydrogens (tertiary/aromatic N) is 1. The molecule has 0 aromatic heterocycles. The molecule has 1 aliphatic rings. The number of rotatable bonds is 6. The molecule has 14 heavy (non-hydrogen) atoms. The van der Waals surface area contributed by atoms with Gasteiger partial charge < -0.3 is 10.1 Å². The first kappa shape index (κ1) is 12.0. The molecule has 0 unspecified atom stereocenters. The minimum absolute atomic E-state index is 0.779. The van der Waals surface area contributed by atoms with Crippen molar-refractivity contribution in [3.63, 3.8) is 0 Å². The minimum Gasteiger partial charge on any atom is -0.380 e. The van der Waals surface area contributed by atoms with Gasteiger partial charge in [-0.1, -0.05) is 6.92 Å². The first-order valence-electron chi connectivity index (χ1n) is 5.91. The summed E-state index contributed by atoms with van der Waals surface area (Å²) < 4.78 is 5.40. The number of ether oxygens (including phenoxy) is 1. The zero-order valence-electron chi connectivity index (χ0n) is 9.59. The average Bonchev–Trinajstić information content (AvgIpc) is 2.26. The fourth-order valence-electron chi connectivity index (χ4n) is 2.10. The van der Waals surface area contributed by atoms with Gasteiger partial charge in [0.25, 0.3) is 0 Å². The first-order chi connectivity index (χ1) is 6.88. The zero-order valence-corrected chi connectivity index (χ0v) is 9.59. The highest BCUT2D eigenvalue weighted by Gasteiger charge is 2.18. The van der Waals surface area contributed by atoms with Crippen molar-refractivity contribution in [1.29, 1.82) is 0 Å². The van der Waals surface area contributed by atoms with Gasteiger partial charge in [0.2, 0.25) is 0 Å². The molecule has 1 rings (SSSR count). The maximum absolute atomic E-state index is 5.40. The molecule has 3 nitrogen and oxygen atoms in total. The van der Waals surface area contributed by atoms with Gasteiger partial charge in [0.15, 0.2) is 0 Å². The molecule has 1 saturated heterocycles. The van der Waals surface area contributed by atoms with Crippen molar-refractivity contribution >= 4 is 0 Å². The lowest BCUT2D eigenvalue weighted by molar-refractivity contribution is 0.0876. The number of likely N-dealkylation sites (N-methyl/N-ethyl adjacent to an activating group) is 1. The molecule has 1 heterocycles. The Kier molecular flexibility index (Phi) is 6.15. The largest absolute Gasteiger partial charge is 0.380 e. The van der Waals surface area contributed by atoms with E-state index in [1.807, 2.05) is 0 Å². The van der Waals surface area contributed by atoms with Crippen LogP contribution >= 0.6 is 0 Å². The minimum atomic E-state index is 0.779. The summed E-state index contributed by atoms with van der Waals surface area (Å²) in [5, 5.41) is 3.40. The van der Waals surface area contributed by atoms with Crippen molar-refractivity contribution < 1.29 is 4.74 Å². The Labute approximate surface area is 87.8 Å². The number of hydrogen-bond donors (Lipinski definition) is 1. The lowest BCUT2D eigenvalue weighted by atomic mass is 10.1. The van der Waals surface area contributed by atoms with Crippen LogP contribution in [0.15, 0.2) is 0 Å². The van der Waals surface area contributed by atoms with Gasteiger partial charge in [0.1, 0.15) is 0 Å². The van der Waals surface area contributed by atoms with Crippen LogP contribution in [-0.4, -0.2) is 50.3 Å². The predicted molar refractivity (Wildman–Crippen MR) is 59.6 cm³/mol. The Hall–Kier alpha value is -0.120. The third-order valence-electron chi connectivity index (χ3n) is 2.96. The highest BCUT2D eigenvalue weighted by Crippen LogP contribution is 2.10. The molecule has 3 heteroatoms. The van der Waals surface area contributed by atoms with Gasteiger partial charge in [-0.15, -0.1) is 0 Å². The number of nitrogens with one attached hydrogen (secondary N) is 1. The molecule has 1 aliphatic heterocycles. The van der Waals surface area contributed by atoms with Crippen LogP contribution < -0.4 is 5.32 Å². The molecule has 1 fully saturated rings. The Morgan fingerprint density at radius 1 is 1.29 bits per heavy atom. The summed E-state index contributed by atoms with van der Waals surface area (Å²) in [5.74, 6) is 0. The van der Waals surface area contributed by atoms with E-state index in [2.05, 4.69) is 24.1 Å². The summed E-state index contributed by atoms with van der Waals surface area (Å²) in [6, 6.07) is 0.779. The Bertz CT molecular complexity index is 135. The summed E-state index contributed by atoms with van der Waals surface area (Å²) in [6.07, 6.45) is 2.58. The third kappa shape index (κ3) is 3.95. The Morgan fingerprint density at radius 3 is 2.57 bits per heavy atom. The van der Waals surface area contributed by atoms with Crippen LogP contribution in [0.2, 0.25) is 0 Å². The molecular formula is C11H24N2O. The smallest absolute Gasteiger partial charge is 0.0593 e. The topological polar surface area (TPSA) is 24.5 Å². The van der Waals surface area contributed by atoms with E-state index in [-0.39, 0.29) is 0 Å². The van der Waals surface area contributed by atoms with E-state index >= 15 is 0 Å². The Morgan fingerprint density at radius 2 is 2.00 bits per heavy atom. The third-order valence-corrected chi connectivity index (χ3v) is 2.96. The van der Waals surface area contributed by atoms with Crippen molar-refractivity contribution in [2.45, 2.75) is 32.7 Å². The SMILES string of the molecule is CCOCCN(CC)C1CCNCC1. The van der Waals surface area contributed by atoms with E-state index in [1.165, 1.54) is 25.9 Å². The van der Waals surface area contributed by atoms with E-state index in [0.717, 1.165) is 32.3 Å². The fraction of sp³-hybridized carbons (Fsp3) is 1.00. The lowest BCUT2D eigenvalue weighted by Crippen LogP contribution is -2.44. The summed E-state index contributed by atoms with van der Waals surface area (Å²) >= 11 is 0.